The lowest BCUT2D eigenvalue weighted by Gasteiger charge is -2.23. The van der Waals surface area contributed by atoms with Crippen LogP contribution in [0.1, 0.15) is 6.92 Å². The molecule has 0 unspecified atom stereocenters. The fourth-order valence-electron chi connectivity index (χ4n) is 1.23. The maximum absolute atomic E-state index is 11.2. The first-order valence-electron chi connectivity index (χ1n) is 4.00. The molecule has 0 saturated heterocycles. The molecule has 1 aromatic rings. The highest BCUT2D eigenvalue weighted by molar-refractivity contribution is 6.00. The van der Waals surface area contributed by atoms with Gasteiger partial charge in [-0.05, 0) is 19.1 Å². The summed E-state index contributed by atoms with van der Waals surface area (Å²) in [7, 11) is 0. The third-order valence-electron chi connectivity index (χ3n) is 1.95. The fraction of sp³-hybridized carbons (Fsp3) is 0.222. The molecule has 0 bridgehead atoms. The van der Waals surface area contributed by atoms with E-state index in [0.717, 1.165) is 0 Å². The molecular weight excluding hydrogens is 168 g/mol. The van der Waals surface area contributed by atoms with Crippen molar-refractivity contribution < 1.29 is 9.53 Å². The van der Waals surface area contributed by atoms with Crippen molar-refractivity contribution in [1.29, 1.82) is 0 Å². The van der Waals surface area contributed by atoms with E-state index in [9.17, 15) is 4.79 Å². The zero-order valence-corrected chi connectivity index (χ0v) is 7.13. The van der Waals surface area contributed by atoms with Gasteiger partial charge in [-0.25, -0.2) is 0 Å². The second-order valence-electron chi connectivity index (χ2n) is 2.93. The van der Waals surface area contributed by atoms with Crippen LogP contribution in [0.4, 0.5) is 11.4 Å². The van der Waals surface area contributed by atoms with Gasteiger partial charge in [0.2, 0.25) is 0 Å². The number of hydrogen-bond donors (Lipinski definition) is 1. The first-order chi connectivity index (χ1) is 6.18. The molecule has 1 amide bonds. The minimum atomic E-state index is -0.478. The summed E-state index contributed by atoms with van der Waals surface area (Å²) < 4.78 is 5.29. The van der Waals surface area contributed by atoms with Crippen LogP contribution in [0, 0.1) is 0 Å². The van der Waals surface area contributed by atoms with Gasteiger partial charge < -0.3 is 10.1 Å². The van der Waals surface area contributed by atoms with E-state index in [1.54, 1.807) is 25.1 Å². The van der Waals surface area contributed by atoms with Gasteiger partial charge in [0.15, 0.2) is 6.10 Å². The van der Waals surface area contributed by atoms with E-state index in [-0.39, 0.29) is 11.6 Å². The number of para-hydroxylation sites is 1. The Morgan fingerprint density at radius 3 is 3.08 bits per heavy atom. The van der Waals surface area contributed by atoms with Crippen LogP contribution in [0.15, 0.2) is 18.2 Å². The summed E-state index contributed by atoms with van der Waals surface area (Å²) in [6.45, 7) is 1.68. The van der Waals surface area contributed by atoms with Crippen LogP contribution in [-0.2, 0) is 4.79 Å². The smallest absolute Gasteiger partial charge is 0.265 e. The summed E-state index contributed by atoms with van der Waals surface area (Å²) in [6, 6.07) is 5.08. The Morgan fingerprint density at radius 2 is 2.31 bits per heavy atom. The van der Waals surface area contributed by atoms with Crippen LogP contribution in [-0.4, -0.2) is 12.0 Å². The molecule has 0 spiro atoms. The van der Waals surface area contributed by atoms with E-state index in [4.69, 9.17) is 10.5 Å². The molecule has 1 aliphatic heterocycles. The molecular formula is C9H9N2O2. The molecule has 1 heterocycles. The molecule has 1 atom stereocenters. The van der Waals surface area contributed by atoms with Crippen molar-refractivity contribution >= 4 is 17.3 Å². The number of fused-ring (bicyclic) bond motifs is 1. The Labute approximate surface area is 75.7 Å². The van der Waals surface area contributed by atoms with Crippen molar-refractivity contribution in [2.24, 2.45) is 0 Å². The highest BCUT2D eigenvalue weighted by Crippen LogP contribution is 2.34. The molecule has 0 aromatic heterocycles. The van der Waals surface area contributed by atoms with Crippen molar-refractivity contribution in [3.63, 3.8) is 0 Å². The highest BCUT2D eigenvalue weighted by Gasteiger charge is 2.24. The first-order valence-corrected chi connectivity index (χ1v) is 4.00. The summed E-state index contributed by atoms with van der Waals surface area (Å²) in [5, 5.41) is 2.63. The molecule has 2 N–H and O–H groups in total. The van der Waals surface area contributed by atoms with Crippen LogP contribution >= 0.6 is 0 Å². The minimum Gasteiger partial charge on any atom is -0.479 e. The Balaban J connectivity index is 2.48. The molecule has 0 aliphatic carbocycles. The number of anilines is 1. The molecule has 67 valence electrons. The van der Waals surface area contributed by atoms with Gasteiger partial charge in [0.25, 0.3) is 5.91 Å². The zero-order valence-electron chi connectivity index (χ0n) is 7.13. The molecule has 0 fully saturated rings. The van der Waals surface area contributed by atoms with Gasteiger partial charge in [0.1, 0.15) is 11.4 Å². The van der Waals surface area contributed by atoms with Gasteiger partial charge in [-0.1, -0.05) is 6.07 Å². The van der Waals surface area contributed by atoms with Crippen molar-refractivity contribution in [3.05, 3.63) is 18.2 Å². The SMILES string of the molecule is C[C@H]1Oc2cccc([NH])c2NC1=O. The lowest BCUT2D eigenvalue weighted by atomic mass is 10.2. The van der Waals surface area contributed by atoms with Crippen molar-refractivity contribution in [2.45, 2.75) is 13.0 Å². The van der Waals surface area contributed by atoms with E-state index in [1.165, 1.54) is 0 Å². The Hall–Kier alpha value is -1.71. The highest BCUT2D eigenvalue weighted by atomic mass is 16.5. The largest absolute Gasteiger partial charge is 0.479 e. The molecule has 1 aliphatic rings. The van der Waals surface area contributed by atoms with Gasteiger partial charge >= 0.3 is 0 Å². The maximum Gasteiger partial charge on any atom is 0.265 e. The molecule has 13 heavy (non-hydrogen) atoms. The molecule has 4 nitrogen and oxygen atoms in total. The molecule has 0 saturated carbocycles. The Bertz CT molecular complexity index is 363. The average Bonchev–Trinajstić information content (AvgIpc) is 2.09. The van der Waals surface area contributed by atoms with Crippen molar-refractivity contribution in [3.8, 4) is 5.75 Å². The van der Waals surface area contributed by atoms with Crippen LogP contribution in [0.25, 0.3) is 0 Å². The quantitative estimate of drug-likeness (QED) is 0.649. The van der Waals surface area contributed by atoms with Crippen LogP contribution in [0.5, 0.6) is 5.75 Å². The zero-order chi connectivity index (χ0) is 9.42. The van der Waals surface area contributed by atoms with E-state index in [1.807, 2.05) is 0 Å². The van der Waals surface area contributed by atoms with Crippen LogP contribution in [0.3, 0.4) is 0 Å². The standard InChI is InChI=1S/C9H9N2O2/c1-5-9(12)11-8-6(10)3-2-4-7(8)13-5/h2-5,10H,1H3,(H,11,12)/t5-/m1/s1. The Kier molecular flexibility index (Phi) is 1.62. The van der Waals surface area contributed by atoms with E-state index >= 15 is 0 Å². The van der Waals surface area contributed by atoms with Gasteiger partial charge in [-0.3, -0.25) is 10.5 Å². The molecule has 2 rings (SSSR count). The number of carbonyl (C=O) groups excluding carboxylic acids is 1. The minimum absolute atomic E-state index is 0.202. The second-order valence-corrected chi connectivity index (χ2v) is 2.93. The lowest BCUT2D eigenvalue weighted by Crippen LogP contribution is -2.34. The monoisotopic (exact) mass is 177 g/mol. The number of ether oxygens (including phenoxy) is 1. The predicted molar refractivity (Wildman–Crippen MR) is 47.9 cm³/mol. The topological polar surface area (TPSA) is 62.1 Å². The molecule has 1 aromatic carbocycles. The van der Waals surface area contributed by atoms with E-state index in [0.29, 0.717) is 11.4 Å². The number of carbonyl (C=O) groups is 1. The number of nitrogens with one attached hydrogen (secondary N) is 2. The summed E-state index contributed by atoms with van der Waals surface area (Å²) in [6.07, 6.45) is -0.478. The molecule has 4 heteroatoms. The van der Waals surface area contributed by atoms with Gasteiger partial charge in [-0.2, -0.15) is 0 Å². The summed E-state index contributed by atoms with van der Waals surface area (Å²) in [5.74, 6) is 0.367. The van der Waals surface area contributed by atoms with Gasteiger partial charge in [0, 0.05) is 0 Å². The lowest BCUT2D eigenvalue weighted by molar-refractivity contribution is -0.122. The molecule has 1 radical (unpaired) electrons. The van der Waals surface area contributed by atoms with E-state index in [2.05, 4.69) is 5.32 Å². The van der Waals surface area contributed by atoms with Gasteiger partial charge in [0.05, 0.1) is 5.69 Å². The number of hydrogen-bond acceptors (Lipinski definition) is 2. The third-order valence-corrected chi connectivity index (χ3v) is 1.95. The number of rotatable bonds is 0. The van der Waals surface area contributed by atoms with Crippen molar-refractivity contribution in [2.75, 3.05) is 5.32 Å². The number of amides is 1. The normalized spacial score (nSPS) is 20.1. The summed E-state index contributed by atoms with van der Waals surface area (Å²) >= 11 is 0. The second kappa shape index (κ2) is 2.65. The third kappa shape index (κ3) is 1.20. The first kappa shape index (κ1) is 7.91. The van der Waals surface area contributed by atoms with Crippen molar-refractivity contribution in [1.82, 2.24) is 5.73 Å². The Morgan fingerprint density at radius 1 is 1.54 bits per heavy atom. The predicted octanol–water partition coefficient (Wildman–Crippen LogP) is 1.32. The summed E-state index contributed by atoms with van der Waals surface area (Å²) in [4.78, 5) is 11.2. The van der Waals surface area contributed by atoms with Gasteiger partial charge in [-0.15, -0.1) is 0 Å². The van der Waals surface area contributed by atoms with Crippen LogP contribution < -0.4 is 15.8 Å². The maximum atomic E-state index is 11.2. The number of benzene rings is 1. The fourth-order valence-corrected chi connectivity index (χ4v) is 1.23. The van der Waals surface area contributed by atoms with E-state index < -0.39 is 6.10 Å². The van der Waals surface area contributed by atoms with Crippen LogP contribution in [0.2, 0.25) is 0 Å². The summed E-state index contributed by atoms with van der Waals surface area (Å²) in [5.41, 5.74) is 8.25. The average molecular weight is 177 g/mol.